The van der Waals surface area contributed by atoms with Crippen LogP contribution >= 0.6 is 0 Å². The van der Waals surface area contributed by atoms with Crippen LogP contribution in [0.2, 0.25) is 0 Å². The molecule has 2 aliphatic carbocycles. The van der Waals surface area contributed by atoms with Crippen molar-refractivity contribution in [2.24, 2.45) is 11.8 Å². The van der Waals surface area contributed by atoms with E-state index in [1.54, 1.807) is 0 Å². The van der Waals surface area contributed by atoms with E-state index in [2.05, 4.69) is 12.2 Å². The van der Waals surface area contributed by atoms with Crippen molar-refractivity contribution in [2.45, 2.75) is 83.5 Å². The molecule has 3 aliphatic rings. The van der Waals surface area contributed by atoms with Gasteiger partial charge in [0.05, 0.1) is 6.61 Å². The number of hydrogen-bond donors (Lipinski definition) is 1. The summed E-state index contributed by atoms with van der Waals surface area (Å²) in [5, 5.41) is 3.03. The minimum atomic E-state index is -0.524. The molecule has 0 bridgehead atoms. The quantitative estimate of drug-likeness (QED) is 0.865. The number of carbonyl (C=O) groups excluding carboxylic acids is 2. The number of ether oxygens (including phenoxy) is 1. The van der Waals surface area contributed by atoms with Gasteiger partial charge in [-0.2, -0.15) is 0 Å². The highest BCUT2D eigenvalue weighted by atomic mass is 16.5. The van der Waals surface area contributed by atoms with E-state index in [-0.39, 0.29) is 23.8 Å². The SMILES string of the molecule is CC[C@H](C)NC(=O)[C@H]1COC2(CCC(C)CC2)N1C(=O)C1CC1. The van der Waals surface area contributed by atoms with E-state index in [0.717, 1.165) is 44.9 Å². The van der Waals surface area contributed by atoms with Gasteiger partial charge in [-0.25, -0.2) is 0 Å². The largest absolute Gasteiger partial charge is 0.353 e. The fourth-order valence-corrected chi connectivity index (χ4v) is 3.78. The maximum atomic E-state index is 12.9. The molecular weight excluding hydrogens is 292 g/mol. The van der Waals surface area contributed by atoms with Gasteiger partial charge in [0.2, 0.25) is 11.8 Å². The average Bonchev–Trinajstić information content (AvgIpc) is 3.32. The van der Waals surface area contributed by atoms with Gasteiger partial charge in [-0.15, -0.1) is 0 Å². The van der Waals surface area contributed by atoms with Crippen LogP contribution in [-0.2, 0) is 14.3 Å². The molecule has 3 fully saturated rings. The van der Waals surface area contributed by atoms with E-state index in [0.29, 0.717) is 12.5 Å². The van der Waals surface area contributed by atoms with Crippen LogP contribution in [0.4, 0.5) is 0 Å². The highest BCUT2D eigenvalue weighted by molar-refractivity contribution is 5.90. The number of carbonyl (C=O) groups is 2. The van der Waals surface area contributed by atoms with Gasteiger partial charge in [0, 0.05) is 12.0 Å². The molecule has 0 aromatic rings. The van der Waals surface area contributed by atoms with Crippen molar-refractivity contribution >= 4 is 11.8 Å². The normalized spacial score (nSPS) is 35.3. The van der Waals surface area contributed by atoms with E-state index in [9.17, 15) is 9.59 Å². The Balaban J connectivity index is 1.79. The topological polar surface area (TPSA) is 58.6 Å². The Morgan fingerprint density at radius 1 is 1.26 bits per heavy atom. The zero-order chi connectivity index (χ0) is 16.6. The fourth-order valence-electron chi connectivity index (χ4n) is 3.78. The van der Waals surface area contributed by atoms with Gasteiger partial charge >= 0.3 is 0 Å². The van der Waals surface area contributed by atoms with Gasteiger partial charge in [0.1, 0.15) is 11.8 Å². The molecule has 0 radical (unpaired) electrons. The molecule has 1 heterocycles. The number of nitrogens with zero attached hydrogens (tertiary/aromatic N) is 1. The Bertz CT molecular complexity index is 467. The standard InChI is InChI=1S/C18H30N2O3/c1-4-13(3)19-16(21)15-11-23-18(9-7-12(2)8-10-18)20(15)17(22)14-5-6-14/h12-15H,4-11H2,1-3H3,(H,19,21)/t12?,13-,15+,18?/m0/s1. The molecule has 3 rings (SSSR count). The molecule has 2 atom stereocenters. The predicted octanol–water partition coefficient (Wildman–Crippen LogP) is 2.44. The van der Waals surface area contributed by atoms with Crippen molar-refractivity contribution in [2.75, 3.05) is 6.61 Å². The van der Waals surface area contributed by atoms with Crippen molar-refractivity contribution in [1.29, 1.82) is 0 Å². The summed E-state index contributed by atoms with van der Waals surface area (Å²) < 4.78 is 6.13. The van der Waals surface area contributed by atoms with Crippen LogP contribution in [-0.4, -0.2) is 41.1 Å². The van der Waals surface area contributed by atoms with E-state index < -0.39 is 11.8 Å². The average molecular weight is 322 g/mol. The summed E-state index contributed by atoms with van der Waals surface area (Å²) in [6.45, 7) is 6.64. The Morgan fingerprint density at radius 3 is 2.48 bits per heavy atom. The maximum Gasteiger partial charge on any atom is 0.245 e. The second-order valence-electron chi connectivity index (χ2n) is 7.76. The third-order valence-corrected chi connectivity index (χ3v) is 5.78. The van der Waals surface area contributed by atoms with Crippen molar-refractivity contribution in [3.8, 4) is 0 Å². The summed E-state index contributed by atoms with van der Waals surface area (Å²) in [4.78, 5) is 27.4. The molecule has 2 amide bonds. The molecule has 0 aromatic heterocycles. The fraction of sp³-hybridized carbons (Fsp3) is 0.889. The van der Waals surface area contributed by atoms with Crippen LogP contribution in [0.15, 0.2) is 0 Å². The lowest BCUT2D eigenvalue weighted by Gasteiger charge is -2.43. The van der Waals surface area contributed by atoms with Crippen LogP contribution < -0.4 is 5.32 Å². The van der Waals surface area contributed by atoms with Crippen molar-refractivity contribution in [1.82, 2.24) is 10.2 Å². The summed E-state index contributed by atoms with van der Waals surface area (Å²) in [5.74, 6) is 0.882. The van der Waals surface area contributed by atoms with E-state index in [4.69, 9.17) is 4.74 Å². The molecule has 5 heteroatoms. The molecule has 23 heavy (non-hydrogen) atoms. The molecule has 1 spiro atoms. The molecule has 0 unspecified atom stereocenters. The molecule has 1 N–H and O–H groups in total. The number of hydrogen-bond acceptors (Lipinski definition) is 3. The first-order valence-corrected chi connectivity index (χ1v) is 9.24. The van der Waals surface area contributed by atoms with Crippen LogP contribution in [0.1, 0.15) is 65.7 Å². The van der Waals surface area contributed by atoms with Gasteiger partial charge < -0.3 is 10.1 Å². The zero-order valence-corrected chi connectivity index (χ0v) is 14.6. The minimum absolute atomic E-state index is 0.0520. The summed E-state index contributed by atoms with van der Waals surface area (Å²) in [6.07, 6.45) is 6.66. The summed E-state index contributed by atoms with van der Waals surface area (Å²) in [6, 6.07) is -0.325. The van der Waals surface area contributed by atoms with Crippen LogP contribution in [0, 0.1) is 11.8 Å². The second kappa shape index (κ2) is 6.42. The molecule has 1 aliphatic heterocycles. The molecule has 0 aromatic carbocycles. The number of rotatable bonds is 4. The van der Waals surface area contributed by atoms with Gasteiger partial charge in [0.15, 0.2) is 0 Å². The van der Waals surface area contributed by atoms with Crippen LogP contribution in [0.5, 0.6) is 0 Å². The summed E-state index contributed by atoms with van der Waals surface area (Å²) in [5.41, 5.74) is -0.524. The van der Waals surface area contributed by atoms with Crippen molar-refractivity contribution < 1.29 is 14.3 Å². The Morgan fingerprint density at radius 2 is 1.91 bits per heavy atom. The lowest BCUT2D eigenvalue weighted by Crippen LogP contribution is -2.57. The number of amides is 2. The first kappa shape index (κ1) is 16.7. The molecule has 2 saturated carbocycles. The predicted molar refractivity (Wildman–Crippen MR) is 87.6 cm³/mol. The smallest absolute Gasteiger partial charge is 0.245 e. The monoisotopic (exact) mass is 322 g/mol. The van der Waals surface area contributed by atoms with Crippen LogP contribution in [0.3, 0.4) is 0 Å². The Kier molecular flexibility index (Phi) is 4.68. The van der Waals surface area contributed by atoms with Gasteiger partial charge in [0.25, 0.3) is 0 Å². The molecule has 1 saturated heterocycles. The minimum Gasteiger partial charge on any atom is -0.353 e. The van der Waals surface area contributed by atoms with Crippen LogP contribution in [0.25, 0.3) is 0 Å². The lowest BCUT2D eigenvalue weighted by atomic mass is 9.83. The van der Waals surface area contributed by atoms with E-state index in [1.165, 1.54) is 0 Å². The van der Waals surface area contributed by atoms with Gasteiger partial charge in [-0.1, -0.05) is 13.8 Å². The molecule has 5 nitrogen and oxygen atoms in total. The molecular formula is C18H30N2O3. The zero-order valence-electron chi connectivity index (χ0n) is 14.6. The Hall–Kier alpha value is -1.10. The Labute approximate surface area is 139 Å². The van der Waals surface area contributed by atoms with E-state index >= 15 is 0 Å². The van der Waals surface area contributed by atoms with Gasteiger partial charge in [-0.05, 0) is 57.8 Å². The third kappa shape index (κ3) is 3.25. The summed E-state index contributed by atoms with van der Waals surface area (Å²) in [7, 11) is 0. The van der Waals surface area contributed by atoms with Crippen molar-refractivity contribution in [3.63, 3.8) is 0 Å². The summed E-state index contributed by atoms with van der Waals surface area (Å²) >= 11 is 0. The highest BCUT2D eigenvalue weighted by Crippen LogP contribution is 2.45. The number of nitrogens with one attached hydrogen (secondary N) is 1. The van der Waals surface area contributed by atoms with E-state index in [1.807, 2.05) is 18.7 Å². The first-order valence-electron chi connectivity index (χ1n) is 9.24. The highest BCUT2D eigenvalue weighted by Gasteiger charge is 2.55. The molecule has 130 valence electrons. The third-order valence-electron chi connectivity index (χ3n) is 5.78. The lowest BCUT2D eigenvalue weighted by molar-refractivity contribution is -0.162. The maximum absolute atomic E-state index is 12.9. The van der Waals surface area contributed by atoms with Gasteiger partial charge in [-0.3, -0.25) is 14.5 Å². The van der Waals surface area contributed by atoms with Crippen molar-refractivity contribution in [3.05, 3.63) is 0 Å². The first-order chi connectivity index (χ1) is 11.0. The second-order valence-corrected chi connectivity index (χ2v) is 7.76.